The normalized spacial score (nSPS) is 10.8. The van der Waals surface area contributed by atoms with Crippen molar-refractivity contribution in [2.45, 2.75) is 13.0 Å². The highest BCUT2D eigenvalue weighted by Crippen LogP contribution is 2.26. The summed E-state index contributed by atoms with van der Waals surface area (Å²) in [5.74, 6) is -1.61. The van der Waals surface area contributed by atoms with E-state index in [9.17, 15) is 14.7 Å². The second-order valence-electron chi connectivity index (χ2n) is 4.99. The number of thiophene rings is 1. The SMILES string of the molecule is O=C(Cc1c(C(=O)[O-])[nH]c2ccc(Cl)cc12)NCc1cccs1. The highest BCUT2D eigenvalue weighted by atomic mass is 35.5. The van der Waals surface area contributed by atoms with Gasteiger partial charge in [-0.3, -0.25) is 4.79 Å². The predicted molar refractivity (Wildman–Crippen MR) is 87.5 cm³/mol. The van der Waals surface area contributed by atoms with Crippen molar-refractivity contribution in [1.82, 2.24) is 10.3 Å². The monoisotopic (exact) mass is 347 g/mol. The van der Waals surface area contributed by atoms with Crippen LogP contribution in [0.15, 0.2) is 35.7 Å². The minimum atomic E-state index is -1.35. The van der Waals surface area contributed by atoms with Crippen LogP contribution < -0.4 is 10.4 Å². The third-order valence-electron chi connectivity index (χ3n) is 3.45. The largest absolute Gasteiger partial charge is 0.543 e. The maximum atomic E-state index is 12.1. The summed E-state index contributed by atoms with van der Waals surface area (Å²) in [6.45, 7) is 0.417. The number of aromatic nitrogens is 1. The molecule has 3 rings (SSSR count). The predicted octanol–water partition coefficient (Wildman–Crippen LogP) is 2.11. The minimum absolute atomic E-state index is 0.0605. The summed E-state index contributed by atoms with van der Waals surface area (Å²) in [5.41, 5.74) is 0.898. The number of carbonyl (C=O) groups excluding carboxylic acids is 2. The second-order valence-corrected chi connectivity index (χ2v) is 6.46. The number of fused-ring (bicyclic) bond motifs is 1. The first kappa shape index (κ1) is 15.6. The molecule has 0 fully saturated rings. The second kappa shape index (κ2) is 6.44. The Bertz CT molecular complexity index is 871. The molecule has 2 heterocycles. The van der Waals surface area contributed by atoms with Crippen molar-refractivity contribution >= 4 is 45.7 Å². The number of carboxylic acid groups (broad SMARTS) is 1. The molecule has 0 radical (unpaired) electrons. The number of hydrogen-bond acceptors (Lipinski definition) is 4. The Balaban J connectivity index is 1.85. The summed E-state index contributed by atoms with van der Waals surface area (Å²) in [4.78, 5) is 27.2. The summed E-state index contributed by atoms with van der Waals surface area (Å²) in [7, 11) is 0. The van der Waals surface area contributed by atoms with E-state index in [1.807, 2.05) is 17.5 Å². The summed E-state index contributed by atoms with van der Waals surface area (Å²) in [5, 5.41) is 17.1. The van der Waals surface area contributed by atoms with Gasteiger partial charge in [0.1, 0.15) is 0 Å². The van der Waals surface area contributed by atoms with Gasteiger partial charge in [0.15, 0.2) is 0 Å². The number of nitrogens with one attached hydrogen (secondary N) is 2. The first-order valence-corrected chi connectivity index (χ1v) is 8.11. The molecule has 0 bridgehead atoms. The summed E-state index contributed by atoms with van der Waals surface area (Å²) in [6, 6.07) is 8.80. The first-order valence-electron chi connectivity index (χ1n) is 6.85. The average molecular weight is 348 g/mol. The van der Waals surface area contributed by atoms with E-state index in [1.165, 1.54) is 0 Å². The van der Waals surface area contributed by atoms with Crippen LogP contribution in [-0.2, 0) is 17.8 Å². The zero-order valence-electron chi connectivity index (χ0n) is 11.9. The molecule has 0 aliphatic carbocycles. The number of halogens is 1. The lowest BCUT2D eigenvalue weighted by Crippen LogP contribution is -2.27. The van der Waals surface area contributed by atoms with Gasteiger partial charge in [-0.15, -0.1) is 11.3 Å². The standard InChI is InChI=1S/C16H13ClN2O3S/c17-9-3-4-13-11(6-9)12(15(19-13)16(21)22)7-14(20)18-8-10-2-1-5-23-10/h1-6,19H,7-8H2,(H,18,20)(H,21,22)/p-1. The fraction of sp³-hybridized carbons (Fsp3) is 0.125. The zero-order valence-corrected chi connectivity index (χ0v) is 13.5. The van der Waals surface area contributed by atoms with Crippen molar-refractivity contribution in [2.24, 2.45) is 0 Å². The van der Waals surface area contributed by atoms with Crippen LogP contribution in [0.4, 0.5) is 0 Å². The smallest absolute Gasteiger partial charge is 0.224 e. The third-order valence-corrected chi connectivity index (χ3v) is 4.56. The van der Waals surface area contributed by atoms with Crippen LogP contribution in [0.1, 0.15) is 20.9 Å². The van der Waals surface area contributed by atoms with E-state index < -0.39 is 5.97 Å². The Morgan fingerprint density at radius 1 is 1.30 bits per heavy atom. The highest BCUT2D eigenvalue weighted by molar-refractivity contribution is 7.09. The maximum absolute atomic E-state index is 12.1. The van der Waals surface area contributed by atoms with E-state index in [-0.39, 0.29) is 18.0 Å². The highest BCUT2D eigenvalue weighted by Gasteiger charge is 2.16. The number of hydrogen-bond donors (Lipinski definition) is 2. The molecule has 0 saturated heterocycles. The number of H-pyrrole nitrogens is 1. The van der Waals surface area contributed by atoms with Crippen molar-refractivity contribution in [2.75, 3.05) is 0 Å². The third kappa shape index (κ3) is 3.38. The van der Waals surface area contributed by atoms with Gasteiger partial charge in [0, 0.05) is 20.8 Å². The minimum Gasteiger partial charge on any atom is -0.543 e. The molecular weight excluding hydrogens is 336 g/mol. The van der Waals surface area contributed by atoms with Crippen LogP contribution in [0.25, 0.3) is 10.9 Å². The van der Waals surface area contributed by atoms with Crippen LogP contribution in [-0.4, -0.2) is 16.9 Å². The molecule has 0 atom stereocenters. The number of benzene rings is 1. The Kier molecular flexibility index (Phi) is 4.36. The van der Waals surface area contributed by atoms with Gasteiger partial charge in [0.05, 0.1) is 24.6 Å². The fourth-order valence-electron chi connectivity index (χ4n) is 2.40. The van der Waals surface area contributed by atoms with Gasteiger partial charge in [-0.1, -0.05) is 17.7 Å². The van der Waals surface area contributed by atoms with Crippen molar-refractivity contribution < 1.29 is 14.7 Å². The topological polar surface area (TPSA) is 85.0 Å². The molecule has 0 aliphatic heterocycles. The van der Waals surface area contributed by atoms with Crippen LogP contribution in [0.3, 0.4) is 0 Å². The Labute approximate surface area is 140 Å². The lowest BCUT2D eigenvalue weighted by molar-refractivity contribution is -0.255. The van der Waals surface area contributed by atoms with Crippen LogP contribution in [0, 0.1) is 0 Å². The molecule has 0 spiro atoms. The molecule has 2 N–H and O–H groups in total. The molecule has 5 nitrogen and oxygen atoms in total. The molecule has 7 heteroatoms. The summed E-state index contributed by atoms with van der Waals surface area (Å²) in [6.07, 6.45) is -0.0605. The molecule has 1 aromatic carbocycles. The Morgan fingerprint density at radius 3 is 2.83 bits per heavy atom. The number of carboxylic acids is 1. The molecular formula is C16H12ClN2O3S-. The van der Waals surface area contributed by atoms with Gasteiger partial charge in [0.25, 0.3) is 0 Å². The fourth-order valence-corrected chi connectivity index (χ4v) is 3.22. The molecule has 1 amide bonds. The number of carbonyl (C=O) groups is 2. The molecule has 0 aliphatic rings. The number of amides is 1. The summed E-state index contributed by atoms with van der Waals surface area (Å²) >= 11 is 7.51. The van der Waals surface area contributed by atoms with Crippen LogP contribution >= 0.6 is 22.9 Å². The number of aromatic carboxylic acids is 1. The molecule has 0 saturated carbocycles. The van der Waals surface area contributed by atoms with E-state index in [2.05, 4.69) is 10.3 Å². The van der Waals surface area contributed by atoms with E-state index in [0.717, 1.165) is 4.88 Å². The van der Waals surface area contributed by atoms with E-state index in [1.54, 1.807) is 29.5 Å². The average Bonchev–Trinajstić information content (AvgIpc) is 3.13. The van der Waals surface area contributed by atoms with Crippen LogP contribution in [0.2, 0.25) is 5.02 Å². The van der Waals surface area contributed by atoms with E-state index in [0.29, 0.717) is 28.0 Å². The van der Waals surface area contributed by atoms with Gasteiger partial charge in [0.2, 0.25) is 5.91 Å². The zero-order chi connectivity index (χ0) is 16.4. The first-order chi connectivity index (χ1) is 11.0. The van der Waals surface area contributed by atoms with Crippen molar-refractivity contribution in [3.8, 4) is 0 Å². The molecule has 0 unspecified atom stereocenters. The quantitative estimate of drug-likeness (QED) is 0.741. The van der Waals surface area contributed by atoms with Gasteiger partial charge in [-0.05, 0) is 35.2 Å². The van der Waals surface area contributed by atoms with Crippen LogP contribution in [0.5, 0.6) is 0 Å². The molecule has 23 heavy (non-hydrogen) atoms. The van der Waals surface area contributed by atoms with Gasteiger partial charge >= 0.3 is 0 Å². The van der Waals surface area contributed by atoms with Gasteiger partial charge in [-0.2, -0.15) is 0 Å². The van der Waals surface area contributed by atoms with E-state index >= 15 is 0 Å². The summed E-state index contributed by atoms with van der Waals surface area (Å²) < 4.78 is 0. The lowest BCUT2D eigenvalue weighted by Gasteiger charge is -2.07. The maximum Gasteiger partial charge on any atom is 0.224 e. The Hall–Kier alpha value is -2.31. The molecule has 3 aromatic rings. The van der Waals surface area contributed by atoms with Crippen molar-refractivity contribution in [3.05, 3.63) is 56.9 Å². The lowest BCUT2D eigenvalue weighted by atomic mass is 10.1. The number of aromatic amines is 1. The molecule has 118 valence electrons. The Morgan fingerprint density at radius 2 is 2.13 bits per heavy atom. The van der Waals surface area contributed by atoms with Gasteiger partial charge in [-0.25, -0.2) is 0 Å². The van der Waals surface area contributed by atoms with Crippen molar-refractivity contribution in [3.63, 3.8) is 0 Å². The van der Waals surface area contributed by atoms with E-state index in [4.69, 9.17) is 11.6 Å². The molecule has 2 aromatic heterocycles. The number of rotatable bonds is 5. The van der Waals surface area contributed by atoms with Gasteiger partial charge < -0.3 is 20.2 Å². The van der Waals surface area contributed by atoms with Crippen molar-refractivity contribution in [1.29, 1.82) is 0 Å².